The molecule has 3 rings (SSSR count). The maximum absolute atomic E-state index is 12.1. The third-order valence-electron chi connectivity index (χ3n) is 3.91. The van der Waals surface area contributed by atoms with E-state index in [0.29, 0.717) is 11.3 Å². The van der Waals surface area contributed by atoms with Crippen LogP contribution in [0.1, 0.15) is 12.5 Å². The summed E-state index contributed by atoms with van der Waals surface area (Å²) in [5.41, 5.74) is 1.46. The van der Waals surface area contributed by atoms with Gasteiger partial charge in [0, 0.05) is 16.3 Å². The second kappa shape index (κ2) is 7.67. The number of hydrogen-bond acceptors (Lipinski definition) is 4. The fraction of sp³-hybridized carbons (Fsp3) is 0.136. The maximum atomic E-state index is 12.1. The average Bonchev–Trinajstić information content (AvgIpc) is 2.64. The number of fused-ring (bicyclic) bond motifs is 1. The zero-order chi connectivity index (χ0) is 18.7. The first-order valence-corrected chi connectivity index (χ1v) is 9.44. The predicted octanol–water partition coefficient (Wildman–Crippen LogP) is 6.14. The van der Waals surface area contributed by atoms with Gasteiger partial charge in [0.05, 0.1) is 4.90 Å². The zero-order valence-corrected chi connectivity index (χ0v) is 15.9. The van der Waals surface area contributed by atoms with Crippen LogP contribution >= 0.6 is 11.8 Å². The van der Waals surface area contributed by atoms with Gasteiger partial charge in [0.15, 0.2) is 5.75 Å². The minimum absolute atomic E-state index is 0.363. The molecular formula is C22H20O3S. The summed E-state index contributed by atoms with van der Waals surface area (Å²) in [6.07, 6.45) is 1.94. The van der Waals surface area contributed by atoms with Crippen molar-refractivity contribution in [1.29, 1.82) is 0 Å². The summed E-state index contributed by atoms with van der Waals surface area (Å²) in [7, 11) is 0. The van der Waals surface area contributed by atoms with E-state index in [2.05, 4.69) is 6.58 Å². The number of ether oxygens (including phenoxy) is 2. The highest BCUT2D eigenvalue weighted by Crippen LogP contribution is 2.43. The predicted molar refractivity (Wildman–Crippen MR) is 107 cm³/mol. The van der Waals surface area contributed by atoms with Gasteiger partial charge in [0.2, 0.25) is 0 Å². The number of esters is 1. The fourth-order valence-corrected chi connectivity index (χ4v) is 3.15. The fourth-order valence-electron chi connectivity index (χ4n) is 2.59. The van der Waals surface area contributed by atoms with Crippen LogP contribution in [0, 0.1) is 6.92 Å². The first-order chi connectivity index (χ1) is 12.5. The number of benzene rings is 3. The van der Waals surface area contributed by atoms with Gasteiger partial charge in [-0.25, -0.2) is 4.79 Å². The molecule has 0 unspecified atom stereocenters. The molecule has 132 valence electrons. The summed E-state index contributed by atoms with van der Waals surface area (Å²) in [6, 6.07) is 17.5. The molecule has 0 aliphatic rings. The largest absolute Gasteiger partial charge is 0.457 e. The Morgan fingerprint density at radius 3 is 2.42 bits per heavy atom. The van der Waals surface area contributed by atoms with Crippen molar-refractivity contribution in [3.63, 3.8) is 0 Å². The summed E-state index contributed by atoms with van der Waals surface area (Å²) >= 11 is 1.51. The number of para-hydroxylation sites is 1. The molecule has 0 atom stereocenters. The number of aryl methyl sites for hydroxylation is 1. The number of hydrogen-bond donors (Lipinski definition) is 0. The van der Waals surface area contributed by atoms with Crippen LogP contribution in [0.3, 0.4) is 0 Å². The van der Waals surface area contributed by atoms with Crippen molar-refractivity contribution >= 4 is 28.5 Å². The molecule has 3 aromatic carbocycles. The first-order valence-electron chi connectivity index (χ1n) is 8.21. The molecule has 0 heterocycles. The van der Waals surface area contributed by atoms with Gasteiger partial charge in [-0.1, -0.05) is 42.5 Å². The molecule has 0 spiro atoms. The van der Waals surface area contributed by atoms with Gasteiger partial charge in [-0.05, 0) is 44.4 Å². The average molecular weight is 364 g/mol. The number of rotatable bonds is 5. The second-order valence-electron chi connectivity index (χ2n) is 6.04. The topological polar surface area (TPSA) is 35.5 Å². The SMILES string of the molecule is C=C(C)C(=O)Oc1c(SC)cc(Oc2ccccc2)c2cc(C)ccc12. The quantitative estimate of drug-likeness (QED) is 0.236. The molecule has 0 radical (unpaired) electrons. The van der Waals surface area contributed by atoms with Gasteiger partial charge < -0.3 is 9.47 Å². The third-order valence-corrected chi connectivity index (χ3v) is 4.65. The molecule has 0 aliphatic carbocycles. The van der Waals surface area contributed by atoms with Gasteiger partial charge >= 0.3 is 5.97 Å². The Kier molecular flexibility index (Phi) is 5.33. The Morgan fingerprint density at radius 2 is 1.77 bits per heavy atom. The minimum Gasteiger partial charge on any atom is -0.457 e. The highest BCUT2D eigenvalue weighted by atomic mass is 32.2. The van der Waals surface area contributed by atoms with Crippen molar-refractivity contribution < 1.29 is 14.3 Å². The lowest BCUT2D eigenvalue weighted by molar-refractivity contribution is -0.130. The van der Waals surface area contributed by atoms with E-state index in [1.165, 1.54) is 11.8 Å². The smallest absolute Gasteiger partial charge is 0.338 e. The van der Waals surface area contributed by atoms with E-state index in [4.69, 9.17) is 9.47 Å². The standard InChI is InChI=1S/C22H20O3S/c1-14(2)22(23)25-21-17-11-10-15(3)12-18(17)19(13-20(21)26-4)24-16-8-6-5-7-9-16/h5-13H,1H2,2-4H3. The van der Waals surface area contributed by atoms with Crippen molar-refractivity contribution in [3.05, 3.63) is 72.3 Å². The van der Waals surface area contributed by atoms with E-state index < -0.39 is 5.97 Å². The number of carbonyl (C=O) groups excluding carboxylic acids is 1. The number of thioether (sulfide) groups is 1. The normalized spacial score (nSPS) is 10.6. The van der Waals surface area contributed by atoms with E-state index in [1.807, 2.05) is 67.8 Å². The Hall–Kier alpha value is -2.72. The van der Waals surface area contributed by atoms with Gasteiger partial charge in [-0.15, -0.1) is 11.8 Å². The zero-order valence-electron chi connectivity index (χ0n) is 15.0. The van der Waals surface area contributed by atoms with E-state index >= 15 is 0 Å². The van der Waals surface area contributed by atoms with Crippen LogP contribution in [0.2, 0.25) is 0 Å². The lowest BCUT2D eigenvalue weighted by Crippen LogP contribution is -2.09. The van der Waals surface area contributed by atoms with Crippen molar-refractivity contribution in [2.24, 2.45) is 0 Å². The lowest BCUT2D eigenvalue weighted by Gasteiger charge is -2.16. The molecule has 0 bridgehead atoms. The Balaban J connectivity index is 2.18. The van der Waals surface area contributed by atoms with Crippen molar-refractivity contribution in [2.75, 3.05) is 6.26 Å². The molecule has 3 aromatic rings. The van der Waals surface area contributed by atoms with Crippen LogP contribution in [-0.2, 0) is 4.79 Å². The molecule has 0 amide bonds. The molecule has 26 heavy (non-hydrogen) atoms. The van der Waals surface area contributed by atoms with Gasteiger partial charge in [0.1, 0.15) is 11.5 Å². The van der Waals surface area contributed by atoms with Gasteiger partial charge in [0.25, 0.3) is 0 Å². The van der Waals surface area contributed by atoms with Crippen molar-refractivity contribution in [1.82, 2.24) is 0 Å². The van der Waals surface area contributed by atoms with Crippen LogP contribution in [0.5, 0.6) is 17.2 Å². The number of carbonyl (C=O) groups is 1. The van der Waals surface area contributed by atoms with E-state index in [-0.39, 0.29) is 0 Å². The Morgan fingerprint density at radius 1 is 1.04 bits per heavy atom. The highest BCUT2D eigenvalue weighted by molar-refractivity contribution is 7.98. The molecule has 0 saturated heterocycles. The highest BCUT2D eigenvalue weighted by Gasteiger charge is 2.18. The maximum Gasteiger partial charge on any atom is 0.338 e. The van der Waals surface area contributed by atoms with Gasteiger partial charge in [-0.2, -0.15) is 0 Å². The molecular weight excluding hydrogens is 344 g/mol. The van der Waals surface area contributed by atoms with Crippen molar-refractivity contribution in [3.8, 4) is 17.2 Å². The summed E-state index contributed by atoms with van der Waals surface area (Å²) in [5, 5.41) is 1.74. The van der Waals surface area contributed by atoms with Crippen LogP contribution in [0.4, 0.5) is 0 Å². The molecule has 3 nitrogen and oxygen atoms in total. The molecule has 0 aromatic heterocycles. The van der Waals surface area contributed by atoms with Gasteiger partial charge in [-0.3, -0.25) is 0 Å². The minimum atomic E-state index is -0.432. The Labute approximate surface area is 157 Å². The lowest BCUT2D eigenvalue weighted by atomic mass is 10.1. The molecule has 0 saturated carbocycles. The molecule has 0 N–H and O–H groups in total. The van der Waals surface area contributed by atoms with E-state index in [0.717, 1.165) is 32.7 Å². The summed E-state index contributed by atoms with van der Waals surface area (Å²) in [6.45, 7) is 7.33. The van der Waals surface area contributed by atoms with Crippen LogP contribution in [-0.4, -0.2) is 12.2 Å². The molecule has 0 fully saturated rings. The summed E-state index contributed by atoms with van der Waals surface area (Å²) in [4.78, 5) is 12.9. The van der Waals surface area contributed by atoms with E-state index in [9.17, 15) is 4.79 Å². The monoisotopic (exact) mass is 364 g/mol. The van der Waals surface area contributed by atoms with Crippen LogP contribution < -0.4 is 9.47 Å². The van der Waals surface area contributed by atoms with Crippen molar-refractivity contribution in [2.45, 2.75) is 18.7 Å². The third kappa shape index (κ3) is 3.75. The molecule has 0 aliphatic heterocycles. The Bertz CT molecular complexity index is 978. The summed E-state index contributed by atoms with van der Waals surface area (Å²) in [5.74, 6) is 1.60. The van der Waals surface area contributed by atoms with E-state index in [1.54, 1.807) is 6.92 Å². The first kappa shape index (κ1) is 18.1. The second-order valence-corrected chi connectivity index (χ2v) is 6.89. The summed E-state index contributed by atoms with van der Waals surface area (Å²) < 4.78 is 11.8. The molecule has 4 heteroatoms. The van der Waals surface area contributed by atoms with Crippen LogP contribution in [0.15, 0.2) is 71.6 Å². The van der Waals surface area contributed by atoms with Crippen LogP contribution in [0.25, 0.3) is 10.8 Å².